The average molecular weight is 364 g/mol. The molecule has 2 N–H and O–H groups in total. The number of pyridine rings is 1. The number of rotatable bonds is 7. The first-order valence-electron chi connectivity index (χ1n) is 9.34. The lowest BCUT2D eigenvalue weighted by molar-refractivity contribution is -0.165. The van der Waals surface area contributed by atoms with Crippen LogP contribution in [0.3, 0.4) is 0 Å². The van der Waals surface area contributed by atoms with Gasteiger partial charge in [-0.05, 0) is 39.0 Å². The predicted molar refractivity (Wildman–Crippen MR) is 100 cm³/mol. The van der Waals surface area contributed by atoms with E-state index in [2.05, 4.69) is 23.7 Å². The number of ether oxygens (including phenoxy) is 1. The summed E-state index contributed by atoms with van der Waals surface area (Å²) >= 11 is 0. The number of aliphatic hydroxyl groups is 1. The van der Waals surface area contributed by atoms with Crippen LogP contribution in [0.2, 0.25) is 0 Å². The summed E-state index contributed by atoms with van der Waals surface area (Å²) in [5.41, 5.74) is 1.76. The molecule has 1 saturated heterocycles. The van der Waals surface area contributed by atoms with E-state index in [1.807, 2.05) is 13.8 Å². The molecule has 0 unspecified atom stereocenters. The Hall–Kier alpha value is -1.66. The molecule has 0 amide bonds. The molecule has 146 valence electrons. The summed E-state index contributed by atoms with van der Waals surface area (Å²) in [6.07, 6.45) is 2.72. The van der Waals surface area contributed by atoms with Crippen molar-refractivity contribution in [3.63, 3.8) is 0 Å². The standard InChI is InChI=1S/C20H32N2O4/c1-13(2)6-8-20(19(24)25)12-22(9-7-17(20)23)11-16-15(4)18(26-5)14(3)10-21-16/h10,13,17,23H,6-9,11-12H2,1-5H3,(H,24,25)/t17-,20-/m1/s1. The van der Waals surface area contributed by atoms with Crippen LogP contribution in [0.1, 0.15) is 49.9 Å². The molecule has 0 saturated carbocycles. The molecule has 0 spiro atoms. The monoisotopic (exact) mass is 364 g/mol. The Kier molecular flexibility index (Phi) is 6.64. The third-order valence-corrected chi connectivity index (χ3v) is 5.58. The molecule has 0 radical (unpaired) electrons. The van der Waals surface area contributed by atoms with Crippen LogP contribution in [0.25, 0.3) is 0 Å². The van der Waals surface area contributed by atoms with Crippen molar-refractivity contribution in [3.8, 4) is 5.75 Å². The molecule has 1 aliphatic heterocycles. The Morgan fingerprint density at radius 1 is 1.46 bits per heavy atom. The van der Waals surface area contributed by atoms with Crippen LogP contribution in [0.15, 0.2) is 6.20 Å². The van der Waals surface area contributed by atoms with Crippen molar-refractivity contribution >= 4 is 5.97 Å². The van der Waals surface area contributed by atoms with E-state index in [4.69, 9.17) is 4.74 Å². The fraction of sp³-hybridized carbons (Fsp3) is 0.700. The van der Waals surface area contributed by atoms with E-state index in [0.717, 1.165) is 29.0 Å². The molecular formula is C20H32N2O4. The fourth-order valence-electron chi connectivity index (χ4n) is 3.85. The lowest BCUT2D eigenvalue weighted by Crippen LogP contribution is -2.55. The number of hydrogen-bond donors (Lipinski definition) is 2. The number of carboxylic acids is 1. The summed E-state index contributed by atoms with van der Waals surface area (Å²) in [6, 6.07) is 0. The van der Waals surface area contributed by atoms with Crippen LogP contribution in [-0.2, 0) is 11.3 Å². The third-order valence-electron chi connectivity index (χ3n) is 5.58. The van der Waals surface area contributed by atoms with Gasteiger partial charge in [0.25, 0.3) is 0 Å². The van der Waals surface area contributed by atoms with E-state index in [1.165, 1.54) is 0 Å². The van der Waals surface area contributed by atoms with Gasteiger partial charge in [-0.25, -0.2) is 0 Å². The molecule has 2 atom stereocenters. The van der Waals surface area contributed by atoms with Gasteiger partial charge in [-0.15, -0.1) is 0 Å². The summed E-state index contributed by atoms with van der Waals surface area (Å²) in [7, 11) is 1.65. The number of aliphatic hydroxyl groups excluding tert-OH is 1. The van der Waals surface area contributed by atoms with Crippen LogP contribution < -0.4 is 4.74 Å². The second-order valence-corrected chi connectivity index (χ2v) is 7.96. The highest BCUT2D eigenvalue weighted by Gasteiger charge is 2.48. The summed E-state index contributed by atoms with van der Waals surface area (Å²) in [6.45, 7) is 9.66. The van der Waals surface area contributed by atoms with Gasteiger partial charge in [0.2, 0.25) is 0 Å². The van der Waals surface area contributed by atoms with Gasteiger partial charge >= 0.3 is 5.97 Å². The van der Waals surface area contributed by atoms with E-state index < -0.39 is 17.5 Å². The molecule has 1 aromatic rings. The van der Waals surface area contributed by atoms with Gasteiger partial charge in [0.15, 0.2) is 0 Å². The Bertz CT molecular complexity index is 647. The first kappa shape index (κ1) is 20.6. The zero-order chi connectivity index (χ0) is 19.5. The van der Waals surface area contributed by atoms with E-state index in [9.17, 15) is 15.0 Å². The lowest BCUT2D eigenvalue weighted by atomic mass is 9.72. The van der Waals surface area contributed by atoms with Gasteiger partial charge < -0.3 is 14.9 Å². The zero-order valence-corrected chi connectivity index (χ0v) is 16.6. The Labute approximate surface area is 156 Å². The maximum Gasteiger partial charge on any atom is 0.313 e. The van der Waals surface area contributed by atoms with Crippen LogP contribution in [-0.4, -0.2) is 52.4 Å². The highest BCUT2D eigenvalue weighted by atomic mass is 16.5. The molecular weight excluding hydrogens is 332 g/mol. The smallest absolute Gasteiger partial charge is 0.313 e. The number of aryl methyl sites for hydroxylation is 1. The average Bonchev–Trinajstić information content (AvgIpc) is 2.58. The largest absolute Gasteiger partial charge is 0.496 e. The summed E-state index contributed by atoms with van der Waals surface area (Å²) in [4.78, 5) is 18.7. The highest BCUT2D eigenvalue weighted by molar-refractivity contribution is 5.76. The first-order valence-corrected chi connectivity index (χ1v) is 9.34. The molecule has 6 heteroatoms. The number of carbonyl (C=O) groups is 1. The van der Waals surface area contributed by atoms with Gasteiger partial charge in [-0.3, -0.25) is 14.7 Å². The normalized spacial score (nSPS) is 24.0. The number of methoxy groups -OCH3 is 1. The van der Waals surface area contributed by atoms with Crippen LogP contribution in [0, 0.1) is 25.2 Å². The van der Waals surface area contributed by atoms with Crippen LogP contribution >= 0.6 is 0 Å². The van der Waals surface area contributed by atoms with Crippen molar-refractivity contribution in [2.45, 2.75) is 59.6 Å². The minimum atomic E-state index is -1.11. The second-order valence-electron chi connectivity index (χ2n) is 7.96. The van der Waals surface area contributed by atoms with E-state index in [-0.39, 0.29) is 0 Å². The topological polar surface area (TPSA) is 82.9 Å². The fourth-order valence-corrected chi connectivity index (χ4v) is 3.85. The number of hydrogen-bond acceptors (Lipinski definition) is 5. The van der Waals surface area contributed by atoms with E-state index in [1.54, 1.807) is 13.3 Å². The lowest BCUT2D eigenvalue weighted by Gasteiger charge is -2.43. The quantitative estimate of drug-likeness (QED) is 0.774. The Morgan fingerprint density at radius 3 is 2.73 bits per heavy atom. The van der Waals surface area contributed by atoms with Gasteiger partial charge in [-0.1, -0.05) is 13.8 Å². The number of aliphatic carboxylic acids is 1. The number of likely N-dealkylation sites (tertiary alicyclic amines) is 1. The van der Waals surface area contributed by atoms with Gasteiger partial charge in [0.05, 0.1) is 18.9 Å². The zero-order valence-electron chi connectivity index (χ0n) is 16.6. The number of carboxylic acid groups (broad SMARTS) is 1. The Balaban J connectivity index is 2.22. The molecule has 2 rings (SSSR count). The maximum atomic E-state index is 12.1. The van der Waals surface area contributed by atoms with E-state index >= 15 is 0 Å². The molecule has 6 nitrogen and oxygen atoms in total. The van der Waals surface area contributed by atoms with Crippen molar-refractivity contribution < 1.29 is 19.7 Å². The van der Waals surface area contributed by atoms with Crippen molar-refractivity contribution in [1.82, 2.24) is 9.88 Å². The van der Waals surface area contributed by atoms with Crippen molar-refractivity contribution in [1.29, 1.82) is 0 Å². The molecule has 0 aliphatic carbocycles. The van der Waals surface area contributed by atoms with Gasteiger partial charge in [-0.2, -0.15) is 0 Å². The van der Waals surface area contributed by atoms with Crippen molar-refractivity contribution in [2.24, 2.45) is 11.3 Å². The number of piperidine rings is 1. The molecule has 26 heavy (non-hydrogen) atoms. The third kappa shape index (κ3) is 4.18. The summed E-state index contributed by atoms with van der Waals surface area (Å²) in [5.74, 6) is 0.330. The maximum absolute atomic E-state index is 12.1. The summed E-state index contributed by atoms with van der Waals surface area (Å²) < 4.78 is 5.47. The van der Waals surface area contributed by atoms with Gasteiger partial charge in [0, 0.05) is 37.0 Å². The highest BCUT2D eigenvalue weighted by Crippen LogP contribution is 2.37. The Morgan fingerprint density at radius 2 is 2.15 bits per heavy atom. The van der Waals surface area contributed by atoms with Crippen LogP contribution in [0.4, 0.5) is 0 Å². The van der Waals surface area contributed by atoms with Crippen molar-refractivity contribution in [3.05, 3.63) is 23.0 Å². The summed E-state index contributed by atoms with van der Waals surface area (Å²) in [5, 5.41) is 20.4. The minimum Gasteiger partial charge on any atom is -0.496 e. The van der Waals surface area contributed by atoms with E-state index in [0.29, 0.717) is 38.4 Å². The molecule has 0 bridgehead atoms. The van der Waals surface area contributed by atoms with Gasteiger partial charge in [0.1, 0.15) is 11.2 Å². The number of nitrogens with zero attached hydrogens (tertiary/aromatic N) is 2. The predicted octanol–water partition coefficient (Wildman–Crippen LogP) is 2.78. The number of aromatic nitrogens is 1. The van der Waals surface area contributed by atoms with Crippen molar-refractivity contribution in [2.75, 3.05) is 20.2 Å². The van der Waals surface area contributed by atoms with Crippen LogP contribution in [0.5, 0.6) is 5.75 Å². The molecule has 2 heterocycles. The SMILES string of the molecule is COc1c(C)cnc(CN2CC[C@@H](O)[C@](CCC(C)C)(C(=O)O)C2)c1C. The molecule has 1 aromatic heterocycles. The molecule has 1 aliphatic rings. The molecule has 0 aromatic carbocycles. The second kappa shape index (κ2) is 8.35. The first-order chi connectivity index (χ1) is 12.2. The molecule has 1 fully saturated rings. The minimum absolute atomic E-state index is 0.341.